The average Bonchev–Trinajstić information content (AvgIpc) is 3.32. The first-order valence-electron chi connectivity index (χ1n) is 7.99. The number of halogens is 2. The molecule has 27 heavy (non-hydrogen) atoms. The molecule has 1 atom stereocenters. The van der Waals surface area contributed by atoms with Crippen LogP contribution in [0.1, 0.15) is 12.8 Å². The van der Waals surface area contributed by atoms with E-state index in [0.29, 0.717) is 28.9 Å². The monoisotopic (exact) mass is 505 g/mol. The van der Waals surface area contributed by atoms with Crippen LogP contribution in [0.15, 0.2) is 39.0 Å². The number of fused-ring (bicyclic) bond motifs is 1. The van der Waals surface area contributed by atoms with E-state index in [2.05, 4.69) is 26.2 Å². The highest BCUT2D eigenvalue weighted by atomic mass is 79.9. The van der Waals surface area contributed by atoms with E-state index in [1.165, 1.54) is 21.7 Å². The maximum atomic E-state index is 12.9. The van der Waals surface area contributed by atoms with Crippen LogP contribution >= 0.6 is 50.2 Å². The zero-order chi connectivity index (χ0) is 19.2. The van der Waals surface area contributed by atoms with Crippen molar-refractivity contribution in [2.45, 2.75) is 23.1 Å². The van der Waals surface area contributed by atoms with E-state index in [0.717, 1.165) is 26.0 Å². The van der Waals surface area contributed by atoms with Gasteiger partial charge in [-0.2, -0.15) is 4.31 Å². The minimum absolute atomic E-state index is 0.150. The zero-order valence-corrected chi connectivity index (χ0v) is 18.5. The quantitative estimate of drug-likeness (QED) is 0.562. The minimum Gasteiger partial charge on any atom is -0.301 e. The SMILES string of the molecule is O=C(Nc1nc2ccc(Br)cc2s1)C1CCCN1S(=O)(=O)c1ccc(Cl)s1. The van der Waals surface area contributed by atoms with Crippen molar-refractivity contribution < 1.29 is 13.2 Å². The lowest BCUT2D eigenvalue weighted by Gasteiger charge is -2.22. The lowest BCUT2D eigenvalue weighted by atomic mass is 10.2. The number of amides is 1. The molecular weight excluding hydrogens is 494 g/mol. The number of benzene rings is 1. The Kier molecular flexibility index (Phi) is 5.30. The first-order chi connectivity index (χ1) is 12.8. The Morgan fingerprint density at radius 1 is 1.30 bits per heavy atom. The summed E-state index contributed by atoms with van der Waals surface area (Å²) in [4.78, 5) is 17.2. The smallest absolute Gasteiger partial charge is 0.253 e. The van der Waals surface area contributed by atoms with Gasteiger partial charge in [0.25, 0.3) is 10.0 Å². The van der Waals surface area contributed by atoms with E-state index in [4.69, 9.17) is 11.6 Å². The summed E-state index contributed by atoms with van der Waals surface area (Å²) in [5.74, 6) is -0.364. The molecule has 0 spiro atoms. The van der Waals surface area contributed by atoms with Gasteiger partial charge < -0.3 is 5.32 Å². The van der Waals surface area contributed by atoms with Gasteiger partial charge in [0.1, 0.15) is 10.3 Å². The molecule has 1 N–H and O–H groups in total. The molecule has 2 aromatic heterocycles. The molecule has 0 aliphatic carbocycles. The number of hydrogen-bond acceptors (Lipinski definition) is 6. The summed E-state index contributed by atoms with van der Waals surface area (Å²) in [6.07, 6.45) is 1.10. The normalized spacial score (nSPS) is 18.2. The summed E-state index contributed by atoms with van der Waals surface area (Å²) >= 11 is 11.6. The predicted molar refractivity (Wildman–Crippen MR) is 112 cm³/mol. The number of thiazole rings is 1. The van der Waals surface area contributed by atoms with Gasteiger partial charge in [-0.25, -0.2) is 13.4 Å². The predicted octanol–water partition coefficient (Wildman–Crippen LogP) is 4.57. The van der Waals surface area contributed by atoms with Crippen molar-refractivity contribution in [3.63, 3.8) is 0 Å². The molecule has 0 radical (unpaired) electrons. The molecule has 1 aliphatic heterocycles. The van der Waals surface area contributed by atoms with Gasteiger partial charge in [0, 0.05) is 11.0 Å². The van der Waals surface area contributed by atoms with Crippen LogP contribution in [0.5, 0.6) is 0 Å². The molecule has 3 aromatic rings. The summed E-state index contributed by atoms with van der Waals surface area (Å²) < 4.78 is 29.4. The number of aromatic nitrogens is 1. The number of rotatable bonds is 4. The topological polar surface area (TPSA) is 79.4 Å². The third-order valence-electron chi connectivity index (χ3n) is 4.20. The van der Waals surface area contributed by atoms with Gasteiger partial charge >= 0.3 is 0 Å². The van der Waals surface area contributed by atoms with E-state index in [-0.39, 0.29) is 10.1 Å². The molecule has 1 aliphatic rings. The fourth-order valence-electron chi connectivity index (χ4n) is 2.98. The van der Waals surface area contributed by atoms with Crippen LogP contribution in [-0.4, -0.2) is 36.2 Å². The van der Waals surface area contributed by atoms with E-state index < -0.39 is 16.1 Å². The van der Waals surface area contributed by atoms with Crippen LogP contribution in [0.2, 0.25) is 4.34 Å². The Balaban J connectivity index is 1.56. The minimum atomic E-state index is -3.75. The fourth-order valence-corrected chi connectivity index (χ4v) is 7.67. The third-order valence-corrected chi connectivity index (χ3v) is 9.23. The molecule has 1 saturated heterocycles. The van der Waals surface area contributed by atoms with Crippen molar-refractivity contribution in [2.75, 3.05) is 11.9 Å². The zero-order valence-electron chi connectivity index (χ0n) is 13.7. The van der Waals surface area contributed by atoms with Crippen molar-refractivity contribution in [2.24, 2.45) is 0 Å². The summed E-state index contributed by atoms with van der Waals surface area (Å²) in [7, 11) is -3.75. The molecule has 0 bridgehead atoms. The van der Waals surface area contributed by atoms with Crippen LogP contribution in [0.3, 0.4) is 0 Å². The molecule has 142 valence electrons. The van der Waals surface area contributed by atoms with Crippen LogP contribution in [0, 0.1) is 0 Å². The Morgan fingerprint density at radius 2 is 2.11 bits per heavy atom. The van der Waals surface area contributed by atoms with Crippen molar-refractivity contribution >= 4 is 81.5 Å². The number of sulfonamides is 1. The molecule has 1 fully saturated rings. The second-order valence-corrected chi connectivity index (χ2v) is 11.7. The average molecular weight is 507 g/mol. The number of hydrogen-bond donors (Lipinski definition) is 1. The molecule has 3 heterocycles. The molecule has 1 aromatic carbocycles. The summed E-state index contributed by atoms with van der Waals surface area (Å²) in [6.45, 7) is 0.308. The van der Waals surface area contributed by atoms with E-state index >= 15 is 0 Å². The molecule has 4 rings (SSSR count). The third kappa shape index (κ3) is 3.79. The van der Waals surface area contributed by atoms with Gasteiger partial charge in [-0.15, -0.1) is 11.3 Å². The van der Waals surface area contributed by atoms with Gasteiger partial charge in [-0.3, -0.25) is 4.79 Å². The molecule has 6 nitrogen and oxygen atoms in total. The van der Waals surface area contributed by atoms with E-state index in [9.17, 15) is 13.2 Å². The first-order valence-corrected chi connectivity index (χ1v) is 12.2. The highest BCUT2D eigenvalue weighted by Crippen LogP contribution is 2.33. The molecule has 0 saturated carbocycles. The first kappa shape index (κ1) is 19.3. The van der Waals surface area contributed by atoms with Gasteiger partial charge in [0.2, 0.25) is 5.91 Å². The summed E-state index contributed by atoms with van der Waals surface area (Å²) in [5, 5.41) is 3.23. The maximum Gasteiger partial charge on any atom is 0.253 e. The van der Waals surface area contributed by atoms with Gasteiger partial charge in [0.15, 0.2) is 5.13 Å². The lowest BCUT2D eigenvalue weighted by Crippen LogP contribution is -2.42. The highest BCUT2D eigenvalue weighted by Gasteiger charge is 2.40. The van der Waals surface area contributed by atoms with Crippen LogP contribution in [-0.2, 0) is 14.8 Å². The van der Waals surface area contributed by atoms with Crippen molar-refractivity contribution in [3.05, 3.63) is 39.1 Å². The standard InChI is InChI=1S/C16H13BrClN3O3S3/c17-9-3-4-10-12(8-9)25-16(19-10)20-15(22)11-2-1-7-21(11)27(23,24)14-6-5-13(18)26-14/h3-6,8,11H,1-2,7H2,(H,19,20,22). The highest BCUT2D eigenvalue weighted by molar-refractivity contribution is 9.10. The number of nitrogens with zero attached hydrogens (tertiary/aromatic N) is 2. The summed E-state index contributed by atoms with van der Waals surface area (Å²) in [6, 6.07) is 7.93. The second-order valence-electron chi connectivity index (χ2n) is 5.95. The molecule has 1 amide bonds. The maximum absolute atomic E-state index is 12.9. The Labute approximate surface area is 177 Å². The van der Waals surface area contributed by atoms with Gasteiger partial charge in [0.05, 0.1) is 14.6 Å². The van der Waals surface area contributed by atoms with Crippen molar-refractivity contribution in [1.82, 2.24) is 9.29 Å². The number of carbonyl (C=O) groups excluding carboxylic acids is 1. The van der Waals surface area contributed by atoms with Gasteiger partial charge in [-0.05, 0) is 43.2 Å². The number of nitrogens with one attached hydrogen (secondary N) is 1. The Bertz CT molecular complexity index is 1130. The molecule has 1 unspecified atom stereocenters. The van der Waals surface area contributed by atoms with Gasteiger partial charge in [-0.1, -0.05) is 38.9 Å². The lowest BCUT2D eigenvalue weighted by molar-refractivity contribution is -0.119. The largest absolute Gasteiger partial charge is 0.301 e. The Morgan fingerprint density at radius 3 is 2.85 bits per heavy atom. The number of anilines is 1. The van der Waals surface area contributed by atoms with Crippen LogP contribution < -0.4 is 5.32 Å². The molecular formula is C16H13BrClN3O3S3. The van der Waals surface area contributed by atoms with Crippen LogP contribution in [0.4, 0.5) is 5.13 Å². The van der Waals surface area contributed by atoms with Crippen molar-refractivity contribution in [1.29, 1.82) is 0 Å². The van der Waals surface area contributed by atoms with E-state index in [1.807, 2.05) is 18.2 Å². The Hall–Kier alpha value is -1.04. The second kappa shape index (κ2) is 7.41. The summed E-state index contributed by atoms with van der Waals surface area (Å²) in [5.41, 5.74) is 0.780. The number of carbonyl (C=O) groups is 1. The van der Waals surface area contributed by atoms with Crippen molar-refractivity contribution in [3.8, 4) is 0 Å². The van der Waals surface area contributed by atoms with Crippen LogP contribution in [0.25, 0.3) is 10.2 Å². The molecule has 11 heteroatoms. The van der Waals surface area contributed by atoms with E-state index in [1.54, 1.807) is 6.07 Å². The fraction of sp³-hybridized carbons (Fsp3) is 0.250. The number of thiophene rings is 1.